The highest BCUT2D eigenvalue weighted by atomic mass is 14.7. The topological polar surface area (TPSA) is 12.9 Å². The summed E-state index contributed by atoms with van der Waals surface area (Å²) in [6, 6.07) is 51.3. The van der Waals surface area contributed by atoms with Gasteiger partial charge in [-0.1, -0.05) is 146 Å². The van der Waals surface area contributed by atoms with Crippen LogP contribution in [0.15, 0.2) is 176 Å². The van der Waals surface area contributed by atoms with E-state index in [1.165, 1.54) is 88.5 Å². The van der Waals surface area contributed by atoms with Crippen molar-refractivity contribution in [2.24, 2.45) is 0 Å². The number of pyridine rings is 1. The molecule has 0 aliphatic heterocycles. The summed E-state index contributed by atoms with van der Waals surface area (Å²) in [5.74, 6) is 0.523. The van der Waals surface area contributed by atoms with Crippen molar-refractivity contribution in [1.29, 1.82) is 0 Å². The molecule has 1 heterocycles. The van der Waals surface area contributed by atoms with Crippen molar-refractivity contribution < 1.29 is 0 Å². The summed E-state index contributed by atoms with van der Waals surface area (Å²) in [6.07, 6.45) is 15.8. The molecule has 1 nitrogen and oxygen atoms in total. The van der Waals surface area contributed by atoms with Crippen LogP contribution in [0.5, 0.6) is 0 Å². The molecule has 3 aliphatic rings. The SMILES string of the molecule is C1=CC2c3ccccc3-c3cccnc3C2C=C1c1cccc(-c2cccc(C3=CC=C(c4ccc5ccc6ccccc6c5c4)CC3)c2)c1. The summed E-state index contributed by atoms with van der Waals surface area (Å²) >= 11 is 0. The Kier molecular flexibility index (Phi) is 6.84. The van der Waals surface area contributed by atoms with E-state index < -0.39 is 0 Å². The predicted octanol–water partition coefficient (Wildman–Crippen LogP) is 12.8. The van der Waals surface area contributed by atoms with E-state index in [2.05, 4.69) is 170 Å². The fourth-order valence-corrected chi connectivity index (χ4v) is 8.46. The largest absolute Gasteiger partial charge is 0.260 e. The van der Waals surface area contributed by atoms with Crippen LogP contribution in [0, 0.1) is 0 Å². The van der Waals surface area contributed by atoms with Crippen molar-refractivity contribution >= 4 is 38.3 Å². The van der Waals surface area contributed by atoms with Gasteiger partial charge in [0, 0.05) is 23.6 Å². The third kappa shape index (κ3) is 4.89. The quantitative estimate of drug-likeness (QED) is 0.175. The van der Waals surface area contributed by atoms with E-state index in [9.17, 15) is 0 Å². The normalized spacial score (nSPS) is 17.7. The van der Waals surface area contributed by atoms with Crippen LogP contribution in [-0.4, -0.2) is 4.98 Å². The second-order valence-corrected chi connectivity index (χ2v) is 13.8. The summed E-state index contributed by atoms with van der Waals surface area (Å²) in [5, 5.41) is 5.24. The van der Waals surface area contributed by atoms with Gasteiger partial charge in [-0.05, 0) is 114 Å². The van der Waals surface area contributed by atoms with Crippen LogP contribution >= 0.6 is 0 Å². The Bertz CT molecular complexity index is 2610. The van der Waals surface area contributed by atoms with E-state index in [0.29, 0.717) is 5.92 Å². The zero-order valence-electron chi connectivity index (χ0n) is 27.8. The lowest BCUT2D eigenvalue weighted by atomic mass is 9.70. The van der Waals surface area contributed by atoms with Gasteiger partial charge in [0.1, 0.15) is 0 Å². The molecule has 6 aromatic carbocycles. The van der Waals surface area contributed by atoms with Gasteiger partial charge >= 0.3 is 0 Å². The highest BCUT2D eigenvalue weighted by Gasteiger charge is 2.33. The lowest BCUT2D eigenvalue weighted by molar-refractivity contribution is 0.700. The molecule has 0 saturated heterocycles. The lowest BCUT2D eigenvalue weighted by Crippen LogP contribution is -2.18. The van der Waals surface area contributed by atoms with Crippen molar-refractivity contribution in [2.45, 2.75) is 24.7 Å². The summed E-state index contributed by atoms with van der Waals surface area (Å²) in [6.45, 7) is 0. The van der Waals surface area contributed by atoms with Crippen molar-refractivity contribution in [1.82, 2.24) is 4.98 Å². The minimum Gasteiger partial charge on any atom is -0.260 e. The first-order valence-corrected chi connectivity index (χ1v) is 17.7. The van der Waals surface area contributed by atoms with Crippen LogP contribution in [0.1, 0.15) is 52.6 Å². The number of aromatic nitrogens is 1. The molecule has 2 atom stereocenters. The summed E-state index contributed by atoms with van der Waals surface area (Å²) in [4.78, 5) is 4.91. The van der Waals surface area contributed by atoms with Gasteiger partial charge in [-0.25, -0.2) is 0 Å². The van der Waals surface area contributed by atoms with Gasteiger partial charge in [-0.3, -0.25) is 4.98 Å². The fourth-order valence-electron chi connectivity index (χ4n) is 8.46. The molecule has 0 bridgehead atoms. The van der Waals surface area contributed by atoms with Crippen molar-refractivity contribution in [3.63, 3.8) is 0 Å². The Balaban J connectivity index is 0.942. The highest BCUT2D eigenvalue weighted by molar-refractivity contribution is 6.08. The second-order valence-electron chi connectivity index (χ2n) is 13.8. The second kappa shape index (κ2) is 11.8. The maximum atomic E-state index is 4.91. The molecule has 0 amide bonds. The zero-order valence-corrected chi connectivity index (χ0v) is 27.8. The molecule has 236 valence electrons. The standard InChI is InChI=1S/C49H35N/c1-2-13-42-34(8-1)21-22-35-23-24-40(30-47(35)42)33-19-17-32(18-20-33)36-9-5-10-37(28-36)38-11-6-12-39(29-38)41-25-26-45-43-14-3-4-15-44(43)46-16-7-27-50-49(46)48(45)31-41/h1-17,19,21-31,45,48H,18,20H2. The summed E-state index contributed by atoms with van der Waals surface area (Å²) in [7, 11) is 0. The van der Waals surface area contributed by atoms with Crippen LogP contribution in [0.2, 0.25) is 0 Å². The van der Waals surface area contributed by atoms with Gasteiger partial charge in [0.2, 0.25) is 0 Å². The molecule has 0 fully saturated rings. The van der Waals surface area contributed by atoms with E-state index >= 15 is 0 Å². The Hall–Kier alpha value is -6.05. The molecular weight excluding hydrogens is 603 g/mol. The third-order valence-electron chi connectivity index (χ3n) is 11.0. The average molecular weight is 638 g/mol. The van der Waals surface area contributed by atoms with E-state index in [1.807, 2.05) is 6.20 Å². The Morgan fingerprint density at radius 3 is 1.98 bits per heavy atom. The third-order valence-corrected chi connectivity index (χ3v) is 11.0. The number of fused-ring (bicyclic) bond motifs is 9. The fraction of sp³-hybridized carbons (Fsp3) is 0.0816. The van der Waals surface area contributed by atoms with Gasteiger partial charge in [-0.15, -0.1) is 0 Å². The Morgan fingerprint density at radius 1 is 0.480 bits per heavy atom. The number of rotatable bonds is 4. The minimum atomic E-state index is 0.221. The van der Waals surface area contributed by atoms with Crippen molar-refractivity contribution in [2.75, 3.05) is 0 Å². The minimum absolute atomic E-state index is 0.221. The number of allylic oxidation sites excluding steroid dienone is 8. The maximum Gasteiger partial charge on any atom is 0.0560 e. The summed E-state index contributed by atoms with van der Waals surface area (Å²) < 4.78 is 0. The first-order valence-electron chi connectivity index (χ1n) is 17.7. The lowest BCUT2D eigenvalue weighted by Gasteiger charge is -2.34. The molecule has 10 rings (SSSR count). The summed E-state index contributed by atoms with van der Waals surface area (Å²) in [5.41, 5.74) is 15.5. The molecule has 7 aromatic rings. The first kappa shape index (κ1) is 28.9. The van der Waals surface area contributed by atoms with Gasteiger partial charge in [-0.2, -0.15) is 0 Å². The van der Waals surface area contributed by atoms with E-state index in [4.69, 9.17) is 4.98 Å². The van der Waals surface area contributed by atoms with Crippen molar-refractivity contribution in [3.8, 4) is 22.3 Å². The van der Waals surface area contributed by atoms with Gasteiger partial charge in [0.25, 0.3) is 0 Å². The van der Waals surface area contributed by atoms with Gasteiger partial charge in [0.15, 0.2) is 0 Å². The Labute approximate surface area is 293 Å². The van der Waals surface area contributed by atoms with E-state index in [0.717, 1.165) is 12.8 Å². The smallest absolute Gasteiger partial charge is 0.0560 e. The molecule has 1 aromatic heterocycles. The van der Waals surface area contributed by atoms with Crippen LogP contribution in [0.4, 0.5) is 0 Å². The number of hydrogen-bond acceptors (Lipinski definition) is 1. The van der Waals surface area contributed by atoms with Crippen molar-refractivity contribution in [3.05, 3.63) is 204 Å². The number of nitrogens with zero attached hydrogens (tertiary/aromatic N) is 1. The molecule has 0 radical (unpaired) electrons. The first-order chi connectivity index (χ1) is 24.8. The van der Waals surface area contributed by atoms with E-state index in [-0.39, 0.29) is 5.92 Å². The average Bonchev–Trinajstić information content (AvgIpc) is 3.20. The van der Waals surface area contributed by atoms with Crippen LogP contribution in [0.3, 0.4) is 0 Å². The van der Waals surface area contributed by atoms with E-state index in [1.54, 1.807) is 0 Å². The molecule has 0 N–H and O–H groups in total. The predicted molar refractivity (Wildman–Crippen MR) is 211 cm³/mol. The molecule has 50 heavy (non-hydrogen) atoms. The monoisotopic (exact) mass is 637 g/mol. The zero-order chi connectivity index (χ0) is 33.0. The van der Waals surface area contributed by atoms with Crippen LogP contribution in [0.25, 0.3) is 60.5 Å². The van der Waals surface area contributed by atoms with Gasteiger partial charge in [0.05, 0.1) is 5.69 Å². The molecule has 1 heteroatoms. The van der Waals surface area contributed by atoms with Crippen LogP contribution in [-0.2, 0) is 0 Å². The number of benzene rings is 6. The highest BCUT2D eigenvalue weighted by Crippen LogP contribution is 2.50. The molecular formula is C49H35N. The molecule has 0 spiro atoms. The molecule has 3 aliphatic carbocycles. The maximum absolute atomic E-state index is 4.91. The molecule has 0 saturated carbocycles. The molecule has 2 unspecified atom stereocenters. The van der Waals surface area contributed by atoms with Gasteiger partial charge < -0.3 is 0 Å². The number of hydrogen-bond donors (Lipinski definition) is 0. The van der Waals surface area contributed by atoms with Crippen LogP contribution < -0.4 is 0 Å². The Morgan fingerprint density at radius 2 is 1.14 bits per heavy atom.